The lowest BCUT2D eigenvalue weighted by Crippen LogP contribution is -2.54. The van der Waals surface area contributed by atoms with E-state index in [1.807, 2.05) is 6.92 Å². The van der Waals surface area contributed by atoms with Gasteiger partial charge in [0, 0.05) is 31.5 Å². The number of carbonyl (C=O) groups is 2. The van der Waals surface area contributed by atoms with E-state index in [1.54, 1.807) is 21.8 Å². The third kappa shape index (κ3) is 3.20. The van der Waals surface area contributed by atoms with Gasteiger partial charge in [0.25, 0.3) is 5.92 Å². The number of nitrogens with one attached hydrogen (secondary N) is 1. The molecule has 23 heavy (non-hydrogen) atoms. The number of rotatable bonds is 4. The SMILES string of the molecule is CCCC(=O)N1Cc2ccnn2C(C(=O)NC2CC(F)(F)C2)C1. The maximum absolute atomic E-state index is 12.9. The molecule has 2 heterocycles. The van der Waals surface area contributed by atoms with E-state index in [0.29, 0.717) is 13.0 Å². The van der Waals surface area contributed by atoms with Crippen LogP contribution >= 0.6 is 0 Å². The highest BCUT2D eigenvalue weighted by atomic mass is 19.3. The Hall–Kier alpha value is -1.99. The Kier molecular flexibility index (Phi) is 4.08. The van der Waals surface area contributed by atoms with Gasteiger partial charge in [0.1, 0.15) is 6.04 Å². The number of carbonyl (C=O) groups excluding carboxylic acids is 2. The van der Waals surface area contributed by atoms with Crippen LogP contribution in [0.25, 0.3) is 0 Å². The molecule has 8 heteroatoms. The van der Waals surface area contributed by atoms with Gasteiger partial charge in [-0.3, -0.25) is 14.3 Å². The largest absolute Gasteiger partial charge is 0.351 e. The molecule has 1 unspecified atom stereocenters. The molecule has 3 rings (SSSR count). The van der Waals surface area contributed by atoms with Crippen LogP contribution in [0, 0.1) is 0 Å². The zero-order valence-electron chi connectivity index (χ0n) is 13.0. The average Bonchev–Trinajstić information content (AvgIpc) is 2.92. The summed E-state index contributed by atoms with van der Waals surface area (Å²) in [5.74, 6) is -3.04. The van der Waals surface area contributed by atoms with E-state index < -0.39 is 18.0 Å². The second kappa shape index (κ2) is 5.90. The van der Waals surface area contributed by atoms with Gasteiger partial charge in [-0.25, -0.2) is 8.78 Å². The second-order valence-corrected chi connectivity index (χ2v) is 6.28. The summed E-state index contributed by atoms with van der Waals surface area (Å²) in [4.78, 5) is 26.2. The van der Waals surface area contributed by atoms with Crippen molar-refractivity contribution in [3.05, 3.63) is 18.0 Å². The zero-order valence-corrected chi connectivity index (χ0v) is 13.0. The van der Waals surface area contributed by atoms with E-state index >= 15 is 0 Å². The highest BCUT2D eigenvalue weighted by Gasteiger charge is 2.47. The lowest BCUT2D eigenvalue weighted by molar-refractivity contribution is -0.137. The average molecular weight is 326 g/mol. The van der Waals surface area contributed by atoms with Gasteiger partial charge in [-0.2, -0.15) is 5.10 Å². The summed E-state index contributed by atoms with van der Waals surface area (Å²) in [5, 5.41) is 6.79. The summed E-state index contributed by atoms with van der Waals surface area (Å²) < 4.78 is 27.4. The molecule has 1 fully saturated rings. The van der Waals surface area contributed by atoms with Gasteiger partial charge in [-0.1, -0.05) is 6.92 Å². The molecule has 0 spiro atoms. The number of aromatic nitrogens is 2. The van der Waals surface area contributed by atoms with Crippen LogP contribution in [0.5, 0.6) is 0 Å². The summed E-state index contributed by atoms with van der Waals surface area (Å²) in [6, 6.07) is 0.602. The minimum absolute atomic E-state index is 0.00655. The van der Waals surface area contributed by atoms with Crippen LogP contribution in [0.2, 0.25) is 0 Å². The van der Waals surface area contributed by atoms with Crippen LogP contribution in [0.15, 0.2) is 12.3 Å². The molecule has 1 N–H and O–H groups in total. The van der Waals surface area contributed by atoms with Crippen LogP contribution in [-0.4, -0.2) is 45.0 Å². The molecular weight excluding hydrogens is 306 g/mol. The third-order valence-corrected chi connectivity index (χ3v) is 4.35. The first kappa shape index (κ1) is 15.9. The number of amides is 2. The highest BCUT2D eigenvalue weighted by molar-refractivity contribution is 5.83. The fraction of sp³-hybridized carbons (Fsp3) is 0.667. The first-order chi connectivity index (χ1) is 10.9. The van der Waals surface area contributed by atoms with Crippen molar-refractivity contribution in [3.8, 4) is 0 Å². The molecule has 1 atom stereocenters. The number of halogens is 2. The first-order valence-corrected chi connectivity index (χ1v) is 7.88. The Morgan fingerprint density at radius 3 is 2.83 bits per heavy atom. The minimum Gasteiger partial charge on any atom is -0.351 e. The molecule has 0 radical (unpaired) electrons. The van der Waals surface area contributed by atoms with Crippen LogP contribution in [0.3, 0.4) is 0 Å². The molecule has 126 valence electrons. The molecule has 1 aliphatic carbocycles. The van der Waals surface area contributed by atoms with Gasteiger partial charge < -0.3 is 10.2 Å². The van der Waals surface area contributed by atoms with E-state index in [4.69, 9.17) is 0 Å². The van der Waals surface area contributed by atoms with Gasteiger partial charge in [-0.15, -0.1) is 0 Å². The van der Waals surface area contributed by atoms with Crippen molar-refractivity contribution in [1.29, 1.82) is 0 Å². The predicted octanol–water partition coefficient (Wildman–Crippen LogP) is 1.48. The maximum atomic E-state index is 12.9. The van der Waals surface area contributed by atoms with E-state index in [0.717, 1.165) is 12.1 Å². The van der Waals surface area contributed by atoms with E-state index in [1.165, 1.54) is 0 Å². The lowest BCUT2D eigenvalue weighted by Gasteiger charge is -2.38. The van der Waals surface area contributed by atoms with E-state index in [9.17, 15) is 18.4 Å². The summed E-state index contributed by atoms with van der Waals surface area (Å²) >= 11 is 0. The Balaban J connectivity index is 1.70. The fourth-order valence-corrected chi connectivity index (χ4v) is 3.11. The predicted molar refractivity (Wildman–Crippen MR) is 77.7 cm³/mol. The molecule has 0 saturated heterocycles. The Bertz CT molecular complexity index is 608. The molecular formula is C15H20F2N4O2. The van der Waals surface area contributed by atoms with Crippen molar-refractivity contribution in [2.75, 3.05) is 6.54 Å². The molecule has 1 saturated carbocycles. The van der Waals surface area contributed by atoms with Crippen LogP contribution in [-0.2, 0) is 16.1 Å². The standard InChI is InChI=1S/C15H20F2N4O2/c1-2-3-13(22)20-8-11-4-5-18-21(11)12(9-20)14(23)19-10-6-15(16,17)7-10/h4-5,10,12H,2-3,6-9H2,1H3,(H,19,23). The molecule has 2 amide bonds. The van der Waals surface area contributed by atoms with Crippen molar-refractivity contribution in [2.45, 2.75) is 57.2 Å². The summed E-state index contributed by atoms with van der Waals surface area (Å²) in [5.41, 5.74) is 0.778. The van der Waals surface area contributed by atoms with E-state index in [2.05, 4.69) is 10.4 Å². The van der Waals surface area contributed by atoms with Crippen molar-refractivity contribution in [3.63, 3.8) is 0 Å². The van der Waals surface area contributed by atoms with Gasteiger partial charge in [0.05, 0.1) is 18.8 Å². The van der Waals surface area contributed by atoms with Gasteiger partial charge >= 0.3 is 0 Å². The van der Waals surface area contributed by atoms with E-state index in [-0.39, 0.29) is 31.2 Å². The molecule has 0 aromatic carbocycles. The van der Waals surface area contributed by atoms with Crippen molar-refractivity contribution < 1.29 is 18.4 Å². The molecule has 1 aliphatic heterocycles. The number of hydrogen-bond acceptors (Lipinski definition) is 3. The van der Waals surface area contributed by atoms with Crippen molar-refractivity contribution >= 4 is 11.8 Å². The minimum atomic E-state index is -2.68. The maximum Gasteiger partial charge on any atom is 0.252 e. The quantitative estimate of drug-likeness (QED) is 0.911. The van der Waals surface area contributed by atoms with Gasteiger partial charge in [-0.05, 0) is 12.5 Å². The number of hydrogen-bond donors (Lipinski definition) is 1. The molecule has 2 aliphatic rings. The normalized spacial score (nSPS) is 23.1. The summed E-state index contributed by atoms with van der Waals surface area (Å²) in [6.45, 7) is 2.57. The number of nitrogens with zero attached hydrogens (tertiary/aromatic N) is 3. The Morgan fingerprint density at radius 2 is 2.17 bits per heavy atom. The summed E-state index contributed by atoms with van der Waals surface area (Å²) in [7, 11) is 0. The molecule has 6 nitrogen and oxygen atoms in total. The topological polar surface area (TPSA) is 67.2 Å². The van der Waals surface area contributed by atoms with Crippen molar-refractivity contribution in [2.24, 2.45) is 0 Å². The number of fused-ring (bicyclic) bond motifs is 1. The zero-order chi connectivity index (χ0) is 16.6. The smallest absolute Gasteiger partial charge is 0.252 e. The molecule has 0 bridgehead atoms. The first-order valence-electron chi connectivity index (χ1n) is 7.88. The Labute approximate surface area is 132 Å². The van der Waals surface area contributed by atoms with Crippen LogP contribution in [0.1, 0.15) is 44.3 Å². The third-order valence-electron chi connectivity index (χ3n) is 4.35. The van der Waals surface area contributed by atoms with Gasteiger partial charge in [0.2, 0.25) is 11.8 Å². The lowest BCUT2D eigenvalue weighted by atomic mass is 9.88. The number of alkyl halides is 2. The monoisotopic (exact) mass is 326 g/mol. The fourth-order valence-electron chi connectivity index (χ4n) is 3.11. The molecule has 1 aromatic heterocycles. The van der Waals surface area contributed by atoms with Crippen LogP contribution in [0.4, 0.5) is 8.78 Å². The van der Waals surface area contributed by atoms with Gasteiger partial charge in [0.15, 0.2) is 0 Å². The highest BCUT2D eigenvalue weighted by Crippen LogP contribution is 2.37. The van der Waals surface area contributed by atoms with Crippen molar-refractivity contribution in [1.82, 2.24) is 20.0 Å². The Morgan fingerprint density at radius 1 is 1.43 bits per heavy atom. The second-order valence-electron chi connectivity index (χ2n) is 6.28. The van der Waals surface area contributed by atoms with Crippen LogP contribution < -0.4 is 5.32 Å². The molecule has 1 aromatic rings. The summed E-state index contributed by atoms with van der Waals surface area (Å²) in [6.07, 6.45) is 2.10.